The molecule has 0 radical (unpaired) electrons. The van der Waals surface area contributed by atoms with Crippen LogP contribution in [0.3, 0.4) is 0 Å². The van der Waals surface area contributed by atoms with Gasteiger partial charge in [-0.25, -0.2) is 10.8 Å². The summed E-state index contributed by atoms with van der Waals surface area (Å²) in [6, 6.07) is 0.157. The molecule has 0 aromatic carbocycles. The van der Waals surface area contributed by atoms with Crippen LogP contribution < -0.4 is 21.9 Å². The van der Waals surface area contributed by atoms with Crippen molar-refractivity contribution in [2.45, 2.75) is 26.3 Å². The quantitative estimate of drug-likeness (QED) is 0.151. The van der Waals surface area contributed by atoms with Gasteiger partial charge in [0, 0.05) is 26.1 Å². The topological polar surface area (TPSA) is 101 Å². The van der Waals surface area contributed by atoms with Gasteiger partial charge in [-0.2, -0.15) is 0 Å². The normalized spacial score (nSPS) is 11.5. The van der Waals surface area contributed by atoms with E-state index >= 15 is 0 Å². The summed E-state index contributed by atoms with van der Waals surface area (Å²) in [6.07, 6.45) is 0.378. The maximum Gasteiger partial charge on any atom is 0.221 e. The second-order valence-corrected chi connectivity index (χ2v) is 3.77. The summed E-state index contributed by atoms with van der Waals surface area (Å²) in [5.41, 5.74) is 2.43. The number of methoxy groups -OCH3 is 1. The number of hydrazine groups is 1. The van der Waals surface area contributed by atoms with E-state index in [1.54, 1.807) is 7.11 Å². The fraction of sp³-hybridized carbons (Fsp3) is 0.800. The Morgan fingerprint density at radius 1 is 1.47 bits per heavy atom. The standard InChI is InChI=1S/C10H23N5O2/c1-8(2)14-9(16)4-5-12-10(15-11)13-6-7-17-3/h8H,4-7,11H2,1-3H3,(H,14,16)(H2,12,13,15). The zero-order valence-corrected chi connectivity index (χ0v) is 10.7. The Balaban J connectivity index is 3.76. The van der Waals surface area contributed by atoms with Crippen molar-refractivity contribution in [1.29, 1.82) is 0 Å². The van der Waals surface area contributed by atoms with E-state index in [0.717, 1.165) is 0 Å². The van der Waals surface area contributed by atoms with Crippen LogP contribution in [0.1, 0.15) is 20.3 Å². The minimum atomic E-state index is 0.000706. The summed E-state index contributed by atoms with van der Waals surface area (Å²) in [4.78, 5) is 15.4. The second kappa shape index (κ2) is 9.86. The Labute approximate surface area is 102 Å². The van der Waals surface area contributed by atoms with Crippen LogP contribution in [0.4, 0.5) is 0 Å². The molecule has 7 nitrogen and oxygen atoms in total. The van der Waals surface area contributed by atoms with Gasteiger partial charge in [0.2, 0.25) is 11.9 Å². The zero-order valence-electron chi connectivity index (χ0n) is 10.7. The maximum absolute atomic E-state index is 11.3. The minimum Gasteiger partial charge on any atom is -0.383 e. The van der Waals surface area contributed by atoms with Crippen LogP contribution in [-0.2, 0) is 9.53 Å². The molecule has 0 bridgehead atoms. The number of rotatable bonds is 7. The monoisotopic (exact) mass is 245 g/mol. The molecule has 0 spiro atoms. The third-order valence-electron chi connectivity index (χ3n) is 1.80. The molecule has 0 atom stereocenters. The van der Waals surface area contributed by atoms with E-state index in [0.29, 0.717) is 32.1 Å². The lowest BCUT2D eigenvalue weighted by atomic mass is 10.3. The molecule has 0 unspecified atom stereocenters. The Kier molecular flexibility index (Phi) is 9.08. The minimum absolute atomic E-state index is 0.000706. The predicted octanol–water partition coefficient (Wildman–Crippen LogP) is -1.04. The molecule has 0 saturated carbocycles. The molecule has 17 heavy (non-hydrogen) atoms. The first kappa shape index (κ1) is 15.7. The SMILES string of the molecule is COCCN=C(NN)NCCC(=O)NC(C)C. The highest BCUT2D eigenvalue weighted by Crippen LogP contribution is 1.82. The summed E-state index contributed by atoms with van der Waals surface area (Å²) in [6.45, 7) is 5.37. The third-order valence-corrected chi connectivity index (χ3v) is 1.80. The summed E-state index contributed by atoms with van der Waals surface area (Å²) >= 11 is 0. The molecule has 0 aliphatic carbocycles. The largest absolute Gasteiger partial charge is 0.383 e. The molecule has 0 aliphatic heterocycles. The van der Waals surface area contributed by atoms with Crippen molar-refractivity contribution >= 4 is 11.9 Å². The molecule has 0 aromatic heterocycles. The van der Waals surface area contributed by atoms with Gasteiger partial charge in [0.25, 0.3) is 0 Å². The first-order valence-corrected chi connectivity index (χ1v) is 5.63. The molecule has 0 fully saturated rings. The predicted molar refractivity (Wildman–Crippen MR) is 67.4 cm³/mol. The number of aliphatic imine (C=N–C) groups is 1. The van der Waals surface area contributed by atoms with Gasteiger partial charge in [-0.1, -0.05) is 0 Å². The number of ether oxygens (including phenoxy) is 1. The van der Waals surface area contributed by atoms with Crippen molar-refractivity contribution < 1.29 is 9.53 Å². The Hall–Kier alpha value is -1.34. The highest BCUT2D eigenvalue weighted by molar-refractivity contribution is 5.80. The molecule has 0 saturated heterocycles. The summed E-state index contributed by atoms with van der Waals surface area (Å²) in [5, 5.41) is 5.73. The number of amides is 1. The van der Waals surface area contributed by atoms with Gasteiger partial charge in [0.05, 0.1) is 13.2 Å². The molecule has 100 valence electrons. The smallest absolute Gasteiger partial charge is 0.221 e. The molecule has 5 N–H and O–H groups in total. The highest BCUT2D eigenvalue weighted by atomic mass is 16.5. The Bertz CT molecular complexity index is 243. The van der Waals surface area contributed by atoms with Gasteiger partial charge in [-0.05, 0) is 13.8 Å². The van der Waals surface area contributed by atoms with E-state index in [1.165, 1.54) is 0 Å². The van der Waals surface area contributed by atoms with Crippen LogP contribution in [0.15, 0.2) is 4.99 Å². The van der Waals surface area contributed by atoms with Gasteiger partial charge in [-0.3, -0.25) is 10.2 Å². The van der Waals surface area contributed by atoms with Crippen LogP contribution in [-0.4, -0.2) is 44.7 Å². The van der Waals surface area contributed by atoms with Crippen molar-refractivity contribution in [3.8, 4) is 0 Å². The molecule has 0 aromatic rings. The van der Waals surface area contributed by atoms with Crippen molar-refractivity contribution in [2.24, 2.45) is 10.8 Å². The van der Waals surface area contributed by atoms with Crippen LogP contribution in [0.2, 0.25) is 0 Å². The average Bonchev–Trinajstić information content (AvgIpc) is 2.26. The van der Waals surface area contributed by atoms with Gasteiger partial charge in [-0.15, -0.1) is 0 Å². The summed E-state index contributed by atoms with van der Waals surface area (Å²) < 4.78 is 4.86. The Morgan fingerprint density at radius 3 is 2.71 bits per heavy atom. The van der Waals surface area contributed by atoms with Gasteiger partial charge in [0.15, 0.2) is 0 Å². The van der Waals surface area contributed by atoms with E-state index in [-0.39, 0.29) is 11.9 Å². The molecule has 0 aliphatic rings. The van der Waals surface area contributed by atoms with Gasteiger partial charge in [0.1, 0.15) is 0 Å². The molecule has 7 heteroatoms. The van der Waals surface area contributed by atoms with E-state index in [2.05, 4.69) is 21.1 Å². The third kappa shape index (κ3) is 9.58. The van der Waals surface area contributed by atoms with Gasteiger partial charge >= 0.3 is 0 Å². The Morgan fingerprint density at radius 2 is 2.18 bits per heavy atom. The fourth-order valence-electron chi connectivity index (χ4n) is 1.09. The number of carbonyl (C=O) groups is 1. The first-order chi connectivity index (χ1) is 8.10. The average molecular weight is 245 g/mol. The molecular formula is C10H23N5O2. The summed E-state index contributed by atoms with van der Waals surface area (Å²) in [5.74, 6) is 5.73. The molecule has 1 amide bonds. The van der Waals surface area contributed by atoms with Gasteiger partial charge < -0.3 is 15.4 Å². The van der Waals surface area contributed by atoms with Crippen LogP contribution in [0, 0.1) is 0 Å². The summed E-state index contributed by atoms with van der Waals surface area (Å²) in [7, 11) is 1.61. The number of guanidine groups is 1. The van der Waals surface area contributed by atoms with E-state index in [9.17, 15) is 4.79 Å². The van der Waals surface area contributed by atoms with Crippen molar-refractivity contribution in [3.63, 3.8) is 0 Å². The fourth-order valence-corrected chi connectivity index (χ4v) is 1.09. The van der Waals surface area contributed by atoms with Crippen molar-refractivity contribution in [1.82, 2.24) is 16.1 Å². The maximum atomic E-state index is 11.3. The van der Waals surface area contributed by atoms with Crippen LogP contribution in [0.25, 0.3) is 0 Å². The number of hydrogen-bond donors (Lipinski definition) is 4. The van der Waals surface area contributed by atoms with E-state index in [1.807, 2.05) is 13.8 Å². The molecular weight excluding hydrogens is 222 g/mol. The van der Waals surface area contributed by atoms with Crippen LogP contribution >= 0.6 is 0 Å². The lowest BCUT2D eigenvalue weighted by Crippen LogP contribution is -2.43. The number of nitrogens with two attached hydrogens (primary N) is 1. The van der Waals surface area contributed by atoms with E-state index in [4.69, 9.17) is 10.6 Å². The van der Waals surface area contributed by atoms with E-state index < -0.39 is 0 Å². The second-order valence-electron chi connectivity index (χ2n) is 3.77. The molecule has 0 heterocycles. The van der Waals surface area contributed by atoms with Crippen LogP contribution in [0.5, 0.6) is 0 Å². The number of nitrogens with one attached hydrogen (secondary N) is 3. The number of hydrogen-bond acceptors (Lipinski definition) is 4. The van der Waals surface area contributed by atoms with Crippen molar-refractivity contribution in [3.05, 3.63) is 0 Å². The van der Waals surface area contributed by atoms with Crippen molar-refractivity contribution in [2.75, 3.05) is 26.8 Å². The first-order valence-electron chi connectivity index (χ1n) is 5.63. The molecule has 0 rings (SSSR count). The number of carbonyl (C=O) groups excluding carboxylic acids is 1. The highest BCUT2D eigenvalue weighted by Gasteiger charge is 2.03. The number of nitrogens with zero attached hydrogens (tertiary/aromatic N) is 1. The lowest BCUT2D eigenvalue weighted by molar-refractivity contribution is -0.121. The zero-order chi connectivity index (χ0) is 13.1. The lowest BCUT2D eigenvalue weighted by Gasteiger charge is -2.10.